The predicted molar refractivity (Wildman–Crippen MR) is 101 cm³/mol. The van der Waals surface area contributed by atoms with Crippen LogP contribution in [0, 0.1) is 5.92 Å². The zero-order valence-electron chi connectivity index (χ0n) is 14.4. The number of halogens is 1. The fraction of sp³-hybridized carbons (Fsp3) is 0.263. The number of hydrogen-bond donors (Lipinski definition) is 3. The van der Waals surface area contributed by atoms with Crippen molar-refractivity contribution in [2.75, 3.05) is 22.9 Å². The molecule has 0 bridgehead atoms. The van der Waals surface area contributed by atoms with E-state index in [9.17, 15) is 9.18 Å². The maximum atomic E-state index is 13.1. The van der Waals surface area contributed by atoms with Crippen LogP contribution in [0.1, 0.15) is 12.0 Å². The van der Waals surface area contributed by atoms with Crippen LogP contribution in [0.5, 0.6) is 0 Å². The summed E-state index contributed by atoms with van der Waals surface area (Å²) in [6.07, 6.45) is 5.31. The monoisotopic (exact) mass is 364 g/mol. The van der Waals surface area contributed by atoms with Gasteiger partial charge in [-0.25, -0.2) is 14.4 Å². The summed E-state index contributed by atoms with van der Waals surface area (Å²) in [5, 5.41) is 7.48. The van der Waals surface area contributed by atoms with E-state index >= 15 is 0 Å². The van der Waals surface area contributed by atoms with E-state index in [0.717, 1.165) is 35.3 Å². The lowest BCUT2D eigenvalue weighted by Crippen LogP contribution is -2.15. The third kappa shape index (κ3) is 2.73. The summed E-state index contributed by atoms with van der Waals surface area (Å²) in [7, 11) is 0. The summed E-state index contributed by atoms with van der Waals surface area (Å²) in [5.74, 6) is -0.164. The number of hydrogen-bond acceptors (Lipinski definition) is 6. The molecule has 1 amide bonds. The number of amides is 1. The first-order valence-electron chi connectivity index (χ1n) is 8.82. The molecule has 5 rings (SSSR count). The Balaban J connectivity index is 1.55. The molecule has 0 unspecified atom stereocenters. The fourth-order valence-corrected chi connectivity index (χ4v) is 3.49. The van der Waals surface area contributed by atoms with Crippen molar-refractivity contribution in [3.05, 3.63) is 36.3 Å². The number of nitrogens with two attached hydrogens (primary N) is 1. The van der Waals surface area contributed by atoms with E-state index in [-0.39, 0.29) is 12.3 Å². The average molecular weight is 364 g/mol. The first-order chi connectivity index (χ1) is 13.1. The molecule has 1 aliphatic heterocycles. The van der Waals surface area contributed by atoms with Gasteiger partial charge < -0.3 is 16.4 Å². The van der Waals surface area contributed by atoms with Gasteiger partial charge in [0.25, 0.3) is 0 Å². The van der Waals surface area contributed by atoms with E-state index in [2.05, 4.69) is 25.6 Å². The Morgan fingerprint density at radius 2 is 2.15 bits per heavy atom. The highest BCUT2D eigenvalue weighted by molar-refractivity contribution is 5.98. The molecule has 0 saturated heterocycles. The van der Waals surface area contributed by atoms with Gasteiger partial charge in [-0.15, -0.1) is 0 Å². The Morgan fingerprint density at radius 3 is 2.96 bits per heavy atom. The molecule has 4 heterocycles. The minimum absolute atomic E-state index is 0.278. The van der Waals surface area contributed by atoms with Crippen molar-refractivity contribution < 1.29 is 9.18 Å². The van der Waals surface area contributed by atoms with Gasteiger partial charge in [-0.05, 0) is 35.9 Å². The van der Waals surface area contributed by atoms with Crippen molar-refractivity contribution in [3.8, 4) is 11.3 Å². The number of rotatable bonds is 3. The number of pyridine rings is 3. The highest BCUT2D eigenvalue weighted by Gasteiger charge is 2.43. The summed E-state index contributed by atoms with van der Waals surface area (Å²) in [4.78, 5) is 25.0. The summed E-state index contributed by atoms with van der Waals surface area (Å²) >= 11 is 0. The van der Waals surface area contributed by atoms with Crippen LogP contribution in [0.3, 0.4) is 0 Å². The Kier molecular flexibility index (Phi) is 3.46. The van der Waals surface area contributed by atoms with Crippen molar-refractivity contribution in [3.63, 3.8) is 0 Å². The van der Waals surface area contributed by atoms with Crippen molar-refractivity contribution >= 4 is 34.0 Å². The van der Waals surface area contributed by atoms with Gasteiger partial charge in [0.1, 0.15) is 17.8 Å². The molecule has 0 aromatic carbocycles. The minimum Gasteiger partial charge on any atom is -0.383 e. The molecule has 27 heavy (non-hydrogen) atoms. The molecule has 7 nitrogen and oxygen atoms in total. The van der Waals surface area contributed by atoms with Crippen LogP contribution in [0.15, 0.2) is 30.7 Å². The van der Waals surface area contributed by atoms with E-state index in [1.165, 1.54) is 5.56 Å². The van der Waals surface area contributed by atoms with Crippen molar-refractivity contribution in [2.45, 2.75) is 19.0 Å². The van der Waals surface area contributed by atoms with Gasteiger partial charge in [-0.2, -0.15) is 0 Å². The van der Waals surface area contributed by atoms with Crippen LogP contribution in [0.2, 0.25) is 0 Å². The Hall–Kier alpha value is -3.29. The Morgan fingerprint density at radius 1 is 1.30 bits per heavy atom. The van der Waals surface area contributed by atoms with Gasteiger partial charge in [0.05, 0.1) is 23.5 Å². The smallest absolute Gasteiger partial charge is 0.231 e. The van der Waals surface area contributed by atoms with Crippen LogP contribution in [-0.2, 0) is 11.2 Å². The number of alkyl halides is 1. The topological polar surface area (TPSA) is 106 Å². The molecule has 8 heteroatoms. The van der Waals surface area contributed by atoms with Crippen molar-refractivity contribution in [1.29, 1.82) is 0 Å². The highest BCUT2D eigenvalue weighted by Crippen LogP contribution is 2.36. The van der Waals surface area contributed by atoms with E-state index in [0.29, 0.717) is 17.0 Å². The zero-order chi connectivity index (χ0) is 18.5. The third-order valence-electron chi connectivity index (χ3n) is 5.07. The van der Waals surface area contributed by atoms with Crippen LogP contribution in [0.4, 0.5) is 21.7 Å². The second-order valence-electron chi connectivity index (χ2n) is 6.92. The molecule has 2 aliphatic rings. The van der Waals surface area contributed by atoms with Gasteiger partial charge in [0.2, 0.25) is 5.91 Å². The average Bonchev–Trinajstić information content (AvgIpc) is 3.20. The molecule has 0 spiro atoms. The first-order valence-corrected chi connectivity index (χ1v) is 8.82. The lowest BCUT2D eigenvalue weighted by molar-refractivity contribution is -0.117. The lowest BCUT2D eigenvalue weighted by atomic mass is 10.0. The van der Waals surface area contributed by atoms with Crippen molar-refractivity contribution in [1.82, 2.24) is 15.0 Å². The second-order valence-corrected chi connectivity index (χ2v) is 6.92. The van der Waals surface area contributed by atoms with Gasteiger partial charge >= 0.3 is 0 Å². The molecule has 1 fully saturated rings. The van der Waals surface area contributed by atoms with E-state index < -0.39 is 12.1 Å². The summed E-state index contributed by atoms with van der Waals surface area (Å²) in [5.41, 5.74) is 9.99. The summed E-state index contributed by atoms with van der Waals surface area (Å²) in [6, 6.07) is 3.65. The van der Waals surface area contributed by atoms with Gasteiger partial charge in [-0.1, -0.05) is 0 Å². The van der Waals surface area contributed by atoms with Crippen LogP contribution in [-0.4, -0.2) is 33.6 Å². The minimum atomic E-state index is -1.04. The maximum Gasteiger partial charge on any atom is 0.231 e. The fourth-order valence-electron chi connectivity index (χ4n) is 3.49. The van der Waals surface area contributed by atoms with Gasteiger partial charge in [0, 0.05) is 29.9 Å². The normalized spacial score (nSPS) is 20.2. The molecule has 0 radical (unpaired) electrons. The predicted octanol–water partition coefficient (Wildman–Crippen LogP) is 2.54. The SMILES string of the molecule is Nc1nc(-c2cncc3c2CCN3)cc2cc(NC(=O)[C@@H]3C[C@@H]3F)ncc12. The number of nitrogens with one attached hydrogen (secondary N) is 2. The largest absolute Gasteiger partial charge is 0.383 e. The van der Waals surface area contributed by atoms with Gasteiger partial charge in [-0.3, -0.25) is 9.78 Å². The molecule has 1 saturated carbocycles. The van der Waals surface area contributed by atoms with Crippen LogP contribution < -0.4 is 16.4 Å². The quantitative estimate of drug-likeness (QED) is 0.659. The number of nitrogen functional groups attached to an aromatic ring is 1. The summed E-state index contributed by atoms with van der Waals surface area (Å²) < 4.78 is 13.1. The van der Waals surface area contributed by atoms with E-state index in [1.54, 1.807) is 18.5 Å². The van der Waals surface area contributed by atoms with E-state index in [4.69, 9.17) is 5.73 Å². The van der Waals surface area contributed by atoms with E-state index in [1.807, 2.05) is 12.3 Å². The number of carbonyl (C=O) groups excluding carboxylic acids is 1. The Labute approximate surface area is 154 Å². The standard InChI is InChI=1S/C19H17FN6O/c20-14-5-11(14)19(27)26-17-4-9-3-15(25-18(21)12(9)7-24-17)13-6-22-8-16-10(13)1-2-23-16/h3-4,6-8,11,14,23H,1-2,5H2,(H2,21,25)(H,24,26,27)/t11-,14+/m1/s1. The Bertz CT molecular complexity index is 1090. The number of carbonyl (C=O) groups is 1. The molecule has 1 aliphatic carbocycles. The number of anilines is 3. The maximum absolute atomic E-state index is 13.1. The highest BCUT2D eigenvalue weighted by atomic mass is 19.1. The number of aromatic nitrogens is 3. The molecule has 3 aromatic heterocycles. The molecular weight excluding hydrogens is 347 g/mol. The van der Waals surface area contributed by atoms with Crippen LogP contribution in [0.25, 0.3) is 22.0 Å². The molecular formula is C19H17FN6O. The lowest BCUT2D eigenvalue weighted by Gasteiger charge is -2.11. The molecule has 136 valence electrons. The second kappa shape index (κ2) is 5.87. The third-order valence-corrected chi connectivity index (χ3v) is 5.07. The number of nitrogens with zero attached hydrogens (tertiary/aromatic N) is 3. The zero-order valence-corrected chi connectivity index (χ0v) is 14.4. The molecule has 3 aromatic rings. The molecule has 2 atom stereocenters. The number of fused-ring (bicyclic) bond motifs is 2. The van der Waals surface area contributed by atoms with Gasteiger partial charge in [0.15, 0.2) is 0 Å². The van der Waals surface area contributed by atoms with Crippen molar-refractivity contribution in [2.24, 2.45) is 5.92 Å². The molecule has 4 N–H and O–H groups in total. The summed E-state index contributed by atoms with van der Waals surface area (Å²) in [6.45, 7) is 0.869. The van der Waals surface area contributed by atoms with Crippen LogP contribution >= 0.6 is 0 Å². The first kappa shape index (κ1) is 15.9.